The van der Waals surface area contributed by atoms with E-state index in [0.717, 1.165) is 12.8 Å². The predicted octanol–water partition coefficient (Wildman–Crippen LogP) is 1.59. The van der Waals surface area contributed by atoms with Crippen molar-refractivity contribution >= 4 is 20.0 Å². The molecular weight excluding hydrogens is 324 g/mol. The quantitative estimate of drug-likeness (QED) is 0.748. The number of hydrogen-bond acceptors (Lipinski definition) is 4. The van der Waals surface area contributed by atoms with Crippen molar-refractivity contribution in [3.05, 3.63) is 24.3 Å². The van der Waals surface area contributed by atoms with Crippen molar-refractivity contribution in [2.75, 3.05) is 0 Å². The molecule has 1 aromatic carbocycles. The van der Waals surface area contributed by atoms with E-state index in [4.69, 9.17) is 0 Å². The van der Waals surface area contributed by atoms with Gasteiger partial charge in [0.25, 0.3) is 0 Å². The van der Waals surface area contributed by atoms with Gasteiger partial charge in [-0.2, -0.15) is 0 Å². The second-order valence-electron chi connectivity index (χ2n) is 5.50. The summed E-state index contributed by atoms with van der Waals surface area (Å²) in [5.41, 5.74) is 0. The van der Waals surface area contributed by atoms with E-state index < -0.39 is 20.0 Å². The lowest BCUT2D eigenvalue weighted by Crippen LogP contribution is -2.33. The Labute approximate surface area is 132 Å². The van der Waals surface area contributed by atoms with E-state index in [1.807, 2.05) is 13.8 Å². The Morgan fingerprint density at radius 3 is 1.82 bits per heavy atom. The van der Waals surface area contributed by atoms with Crippen molar-refractivity contribution in [1.29, 1.82) is 0 Å². The van der Waals surface area contributed by atoms with Crippen LogP contribution in [0.5, 0.6) is 0 Å². The Bertz CT molecular complexity index is 704. The average molecular weight is 346 g/mol. The maximum atomic E-state index is 12.2. The zero-order valence-electron chi connectivity index (χ0n) is 12.7. The SMILES string of the molecule is CCC(CC)NS(=O)(=O)c1ccc(S(=O)(=O)NC2CC2)cc1. The Morgan fingerprint density at radius 2 is 1.41 bits per heavy atom. The van der Waals surface area contributed by atoms with Crippen molar-refractivity contribution < 1.29 is 16.8 Å². The van der Waals surface area contributed by atoms with Crippen LogP contribution in [-0.4, -0.2) is 28.9 Å². The number of nitrogens with one attached hydrogen (secondary N) is 2. The second-order valence-corrected chi connectivity index (χ2v) is 8.93. The molecule has 0 aromatic heterocycles. The molecular formula is C14H22N2O4S2. The van der Waals surface area contributed by atoms with E-state index in [9.17, 15) is 16.8 Å². The van der Waals surface area contributed by atoms with Crippen LogP contribution in [0.25, 0.3) is 0 Å². The molecule has 0 bridgehead atoms. The Hall–Kier alpha value is -0.960. The summed E-state index contributed by atoms with van der Waals surface area (Å²) in [6.07, 6.45) is 3.11. The summed E-state index contributed by atoms with van der Waals surface area (Å²) in [5.74, 6) is 0. The molecule has 2 N–H and O–H groups in total. The van der Waals surface area contributed by atoms with Gasteiger partial charge in [-0.1, -0.05) is 13.8 Å². The first-order valence-corrected chi connectivity index (χ1v) is 10.4. The Kier molecular flexibility index (Phi) is 5.26. The maximum absolute atomic E-state index is 12.2. The molecule has 6 nitrogen and oxygen atoms in total. The summed E-state index contributed by atoms with van der Waals surface area (Å²) < 4.78 is 53.7. The van der Waals surface area contributed by atoms with Crippen LogP contribution >= 0.6 is 0 Å². The van der Waals surface area contributed by atoms with Gasteiger partial charge in [-0.15, -0.1) is 0 Å². The third kappa shape index (κ3) is 4.28. The fourth-order valence-corrected chi connectivity index (χ4v) is 4.74. The van der Waals surface area contributed by atoms with Gasteiger partial charge in [0.2, 0.25) is 20.0 Å². The molecule has 0 aliphatic heterocycles. The minimum atomic E-state index is -3.62. The van der Waals surface area contributed by atoms with E-state index in [-0.39, 0.29) is 21.9 Å². The Morgan fingerprint density at radius 1 is 0.955 bits per heavy atom. The van der Waals surface area contributed by atoms with Crippen molar-refractivity contribution in [1.82, 2.24) is 9.44 Å². The molecule has 0 radical (unpaired) electrons. The van der Waals surface area contributed by atoms with E-state index >= 15 is 0 Å². The third-order valence-electron chi connectivity index (χ3n) is 3.65. The van der Waals surface area contributed by atoms with Crippen LogP contribution in [0.4, 0.5) is 0 Å². The molecule has 22 heavy (non-hydrogen) atoms. The van der Waals surface area contributed by atoms with Crippen molar-refractivity contribution in [3.63, 3.8) is 0 Å². The van der Waals surface area contributed by atoms with Crippen molar-refractivity contribution in [2.45, 2.75) is 61.4 Å². The minimum absolute atomic E-state index is 0.0185. The molecule has 1 aliphatic rings. The van der Waals surface area contributed by atoms with Gasteiger partial charge in [-0.25, -0.2) is 26.3 Å². The van der Waals surface area contributed by atoms with Crippen LogP contribution in [0.15, 0.2) is 34.1 Å². The van der Waals surface area contributed by atoms with E-state index in [0.29, 0.717) is 12.8 Å². The van der Waals surface area contributed by atoms with Crippen molar-refractivity contribution in [3.8, 4) is 0 Å². The van der Waals surface area contributed by atoms with Crippen LogP contribution < -0.4 is 9.44 Å². The molecule has 8 heteroatoms. The first kappa shape index (κ1) is 17.4. The molecule has 0 heterocycles. The number of hydrogen-bond donors (Lipinski definition) is 2. The molecule has 1 saturated carbocycles. The summed E-state index contributed by atoms with van der Waals surface area (Å²) in [5, 5.41) is 0. The zero-order valence-corrected chi connectivity index (χ0v) is 14.4. The summed E-state index contributed by atoms with van der Waals surface area (Å²) in [7, 11) is -7.18. The summed E-state index contributed by atoms with van der Waals surface area (Å²) in [4.78, 5) is 0.158. The van der Waals surface area contributed by atoms with Crippen LogP contribution in [0.2, 0.25) is 0 Å². The number of rotatable bonds is 8. The van der Waals surface area contributed by atoms with E-state index in [1.54, 1.807) is 0 Å². The standard InChI is InChI=1S/C14H22N2O4S2/c1-3-11(4-2)15-21(17,18)13-7-9-14(10-8-13)22(19,20)16-12-5-6-12/h7-12,15-16H,3-6H2,1-2H3. The molecule has 2 rings (SSSR count). The number of sulfonamides is 2. The van der Waals surface area contributed by atoms with Gasteiger partial charge in [0.1, 0.15) is 0 Å². The maximum Gasteiger partial charge on any atom is 0.240 e. The van der Waals surface area contributed by atoms with Crippen molar-refractivity contribution in [2.24, 2.45) is 0 Å². The highest BCUT2D eigenvalue weighted by Crippen LogP contribution is 2.22. The summed E-state index contributed by atoms with van der Waals surface area (Å²) in [6.45, 7) is 3.83. The summed E-state index contributed by atoms with van der Waals surface area (Å²) in [6, 6.07) is 5.20. The van der Waals surface area contributed by atoms with Crippen LogP contribution in [-0.2, 0) is 20.0 Å². The fraction of sp³-hybridized carbons (Fsp3) is 0.571. The Balaban J connectivity index is 2.17. The fourth-order valence-electron chi connectivity index (χ4n) is 2.03. The van der Waals surface area contributed by atoms with Crippen LogP contribution in [0, 0.1) is 0 Å². The van der Waals surface area contributed by atoms with Crippen LogP contribution in [0.1, 0.15) is 39.5 Å². The molecule has 0 atom stereocenters. The monoisotopic (exact) mass is 346 g/mol. The lowest BCUT2D eigenvalue weighted by Gasteiger charge is -2.15. The molecule has 1 aliphatic carbocycles. The first-order valence-electron chi connectivity index (χ1n) is 7.43. The largest absolute Gasteiger partial charge is 0.240 e. The van der Waals surface area contributed by atoms with Gasteiger partial charge in [-0.05, 0) is 49.9 Å². The van der Waals surface area contributed by atoms with Gasteiger partial charge < -0.3 is 0 Å². The molecule has 124 valence electrons. The van der Waals surface area contributed by atoms with Gasteiger partial charge in [0.05, 0.1) is 9.79 Å². The number of benzene rings is 1. The van der Waals surface area contributed by atoms with Crippen LogP contribution in [0.3, 0.4) is 0 Å². The van der Waals surface area contributed by atoms with Gasteiger partial charge >= 0.3 is 0 Å². The lowest BCUT2D eigenvalue weighted by molar-refractivity contribution is 0.530. The van der Waals surface area contributed by atoms with Gasteiger partial charge in [0, 0.05) is 12.1 Å². The summed E-state index contributed by atoms with van der Waals surface area (Å²) >= 11 is 0. The first-order chi connectivity index (χ1) is 10.3. The molecule has 0 spiro atoms. The smallest absolute Gasteiger partial charge is 0.208 e. The molecule has 1 aromatic rings. The minimum Gasteiger partial charge on any atom is -0.208 e. The van der Waals surface area contributed by atoms with Gasteiger partial charge in [-0.3, -0.25) is 0 Å². The molecule has 0 amide bonds. The van der Waals surface area contributed by atoms with E-state index in [1.165, 1.54) is 24.3 Å². The van der Waals surface area contributed by atoms with Gasteiger partial charge in [0.15, 0.2) is 0 Å². The third-order valence-corrected chi connectivity index (χ3v) is 6.72. The highest BCUT2D eigenvalue weighted by molar-refractivity contribution is 7.90. The normalized spacial score (nSPS) is 16.1. The highest BCUT2D eigenvalue weighted by Gasteiger charge is 2.28. The zero-order chi connectivity index (χ0) is 16.4. The topological polar surface area (TPSA) is 92.3 Å². The lowest BCUT2D eigenvalue weighted by atomic mass is 10.2. The molecule has 0 unspecified atom stereocenters. The van der Waals surface area contributed by atoms with E-state index in [2.05, 4.69) is 9.44 Å². The predicted molar refractivity (Wildman–Crippen MR) is 84.5 cm³/mol. The average Bonchev–Trinajstić information content (AvgIpc) is 3.28. The molecule has 1 fully saturated rings. The second kappa shape index (κ2) is 6.66. The molecule has 0 saturated heterocycles. The highest BCUT2D eigenvalue weighted by atomic mass is 32.2.